The number of carbonyl (C=O) groups is 2. The number of hydrogen-bond donors (Lipinski definition) is 3. The summed E-state index contributed by atoms with van der Waals surface area (Å²) in [6, 6.07) is -0.632. The van der Waals surface area contributed by atoms with Gasteiger partial charge >= 0.3 is 5.97 Å². The van der Waals surface area contributed by atoms with Crippen molar-refractivity contribution in [2.45, 2.75) is 373 Å². The van der Waals surface area contributed by atoms with Crippen molar-refractivity contribution in [2.24, 2.45) is 0 Å². The summed E-state index contributed by atoms with van der Waals surface area (Å²) in [5.74, 6) is -0.0574. The number of ether oxygens (including phenoxy) is 1. The van der Waals surface area contributed by atoms with Crippen LogP contribution in [-0.4, -0.2) is 47.4 Å². The van der Waals surface area contributed by atoms with Crippen LogP contribution in [0.2, 0.25) is 0 Å². The topological polar surface area (TPSA) is 95.9 Å². The van der Waals surface area contributed by atoms with Gasteiger partial charge in [-0.2, -0.15) is 0 Å². The van der Waals surface area contributed by atoms with Gasteiger partial charge < -0.3 is 20.3 Å². The summed E-state index contributed by atoms with van der Waals surface area (Å²) in [5.41, 5.74) is 0. The maximum Gasteiger partial charge on any atom is 0.305 e. The van der Waals surface area contributed by atoms with E-state index in [0.717, 1.165) is 44.9 Å². The summed E-state index contributed by atoms with van der Waals surface area (Å²) in [5, 5.41) is 23.2. The van der Waals surface area contributed by atoms with Crippen LogP contribution >= 0.6 is 0 Å². The smallest absolute Gasteiger partial charge is 0.305 e. The first kappa shape index (κ1) is 70.3. The normalized spacial score (nSPS) is 12.7. The van der Waals surface area contributed by atoms with Crippen LogP contribution in [0.15, 0.2) is 24.3 Å². The molecule has 2 unspecified atom stereocenters. The second-order valence-corrected chi connectivity index (χ2v) is 22.5. The van der Waals surface area contributed by atoms with Crippen molar-refractivity contribution in [1.82, 2.24) is 5.32 Å². The van der Waals surface area contributed by atoms with Gasteiger partial charge in [0.05, 0.1) is 25.4 Å². The second kappa shape index (κ2) is 61.9. The average molecular weight is 1010 g/mol. The van der Waals surface area contributed by atoms with Gasteiger partial charge in [0.15, 0.2) is 0 Å². The fourth-order valence-electron chi connectivity index (χ4n) is 10.2. The Hall–Kier alpha value is -1.66. The molecule has 0 rings (SSSR count). The highest BCUT2D eigenvalue weighted by atomic mass is 16.5. The van der Waals surface area contributed by atoms with Gasteiger partial charge in [-0.1, -0.05) is 314 Å². The Morgan fingerprint density at radius 1 is 0.375 bits per heavy atom. The van der Waals surface area contributed by atoms with E-state index in [1.807, 2.05) is 6.08 Å². The molecule has 72 heavy (non-hydrogen) atoms. The molecule has 0 aliphatic rings. The van der Waals surface area contributed by atoms with Crippen molar-refractivity contribution in [3.05, 3.63) is 24.3 Å². The molecule has 0 aromatic rings. The van der Waals surface area contributed by atoms with Crippen LogP contribution in [0.1, 0.15) is 361 Å². The highest BCUT2D eigenvalue weighted by molar-refractivity contribution is 5.76. The van der Waals surface area contributed by atoms with Crippen LogP contribution in [0.3, 0.4) is 0 Å². The maximum absolute atomic E-state index is 12.5. The molecule has 0 fully saturated rings. The lowest BCUT2D eigenvalue weighted by Crippen LogP contribution is -2.45. The van der Waals surface area contributed by atoms with Crippen molar-refractivity contribution in [1.29, 1.82) is 0 Å². The molecule has 6 nitrogen and oxygen atoms in total. The quantitative estimate of drug-likeness (QED) is 0.0320. The average Bonchev–Trinajstić information content (AvgIpc) is 3.38. The summed E-state index contributed by atoms with van der Waals surface area (Å²) in [7, 11) is 0. The van der Waals surface area contributed by atoms with E-state index in [2.05, 4.69) is 31.3 Å². The lowest BCUT2D eigenvalue weighted by molar-refractivity contribution is -0.143. The number of esters is 1. The van der Waals surface area contributed by atoms with E-state index in [1.54, 1.807) is 6.08 Å². The van der Waals surface area contributed by atoms with E-state index < -0.39 is 12.1 Å². The third-order valence-electron chi connectivity index (χ3n) is 15.2. The summed E-state index contributed by atoms with van der Waals surface area (Å²) in [6.45, 7) is 4.93. The Balaban J connectivity index is 3.42. The Morgan fingerprint density at radius 2 is 0.653 bits per heavy atom. The van der Waals surface area contributed by atoms with E-state index in [0.29, 0.717) is 19.4 Å². The monoisotopic (exact) mass is 1010 g/mol. The predicted octanol–water partition coefficient (Wildman–Crippen LogP) is 20.6. The number of unbranched alkanes of at least 4 members (excludes halogenated alkanes) is 48. The third-order valence-corrected chi connectivity index (χ3v) is 15.2. The fraction of sp³-hybridized carbons (Fsp3) is 0.909. The molecule has 426 valence electrons. The van der Waals surface area contributed by atoms with Crippen molar-refractivity contribution < 1.29 is 24.5 Å². The van der Waals surface area contributed by atoms with Crippen molar-refractivity contribution >= 4 is 11.9 Å². The van der Waals surface area contributed by atoms with Crippen molar-refractivity contribution in [3.63, 3.8) is 0 Å². The molecule has 3 N–H and O–H groups in total. The third kappa shape index (κ3) is 57.6. The van der Waals surface area contributed by atoms with Gasteiger partial charge in [0.1, 0.15) is 0 Å². The van der Waals surface area contributed by atoms with Crippen LogP contribution in [-0.2, 0) is 14.3 Å². The molecule has 0 aliphatic carbocycles. The number of allylic oxidation sites excluding steroid dienone is 3. The SMILES string of the molecule is CCCCCCCCCCCCCCCCC/C=C/C(O)C(CO)NC(=O)CCCCCCCCC/C=C\CCCCCCCCCCCCCCOC(=O)CCCCCCCCCCCCCCCCC. The number of carbonyl (C=O) groups excluding carboxylic acids is 2. The molecule has 0 aromatic carbocycles. The minimum absolute atomic E-state index is 0.0144. The first-order valence-corrected chi connectivity index (χ1v) is 32.6. The molecular weight excluding hydrogens is 887 g/mol. The molecule has 0 saturated carbocycles. The van der Waals surface area contributed by atoms with Gasteiger partial charge in [-0.05, 0) is 57.8 Å². The molecule has 6 heteroatoms. The highest BCUT2D eigenvalue weighted by Gasteiger charge is 2.18. The Bertz CT molecular complexity index is 1120. The van der Waals surface area contributed by atoms with Gasteiger partial charge in [0.25, 0.3) is 0 Å². The number of aliphatic hydroxyl groups excluding tert-OH is 2. The second-order valence-electron chi connectivity index (χ2n) is 22.5. The molecule has 0 aromatic heterocycles. The van der Waals surface area contributed by atoms with Crippen LogP contribution in [0.5, 0.6) is 0 Å². The summed E-state index contributed by atoms with van der Waals surface area (Å²) in [6.07, 6.45) is 76.6. The molecule has 0 heterocycles. The van der Waals surface area contributed by atoms with Gasteiger partial charge in [-0.25, -0.2) is 0 Å². The van der Waals surface area contributed by atoms with Crippen molar-refractivity contribution in [2.75, 3.05) is 13.2 Å². The highest BCUT2D eigenvalue weighted by Crippen LogP contribution is 2.18. The van der Waals surface area contributed by atoms with E-state index in [1.165, 1.54) is 289 Å². The molecule has 0 saturated heterocycles. The molecule has 0 aliphatic heterocycles. The van der Waals surface area contributed by atoms with Gasteiger partial charge in [0, 0.05) is 12.8 Å². The maximum atomic E-state index is 12.5. The van der Waals surface area contributed by atoms with E-state index >= 15 is 0 Å². The lowest BCUT2D eigenvalue weighted by Gasteiger charge is -2.20. The zero-order valence-electron chi connectivity index (χ0n) is 48.7. The molecular formula is C66H127NO5. The number of aliphatic hydroxyl groups is 2. The van der Waals surface area contributed by atoms with Gasteiger partial charge in [-0.15, -0.1) is 0 Å². The molecule has 0 radical (unpaired) electrons. The van der Waals surface area contributed by atoms with Crippen LogP contribution < -0.4 is 5.32 Å². The largest absolute Gasteiger partial charge is 0.466 e. The number of amides is 1. The Morgan fingerprint density at radius 3 is 0.986 bits per heavy atom. The van der Waals surface area contributed by atoms with Gasteiger partial charge in [-0.3, -0.25) is 9.59 Å². The molecule has 2 atom stereocenters. The zero-order chi connectivity index (χ0) is 52.2. The van der Waals surface area contributed by atoms with Crippen LogP contribution in [0, 0.1) is 0 Å². The fourth-order valence-corrected chi connectivity index (χ4v) is 10.2. The lowest BCUT2D eigenvalue weighted by atomic mass is 10.0. The van der Waals surface area contributed by atoms with E-state index in [9.17, 15) is 19.8 Å². The summed E-state index contributed by atoms with van der Waals surface area (Å²) in [4.78, 5) is 24.5. The molecule has 0 spiro atoms. The predicted molar refractivity (Wildman–Crippen MR) is 315 cm³/mol. The van der Waals surface area contributed by atoms with Crippen LogP contribution in [0.25, 0.3) is 0 Å². The van der Waals surface area contributed by atoms with E-state index in [4.69, 9.17) is 4.74 Å². The molecule has 0 bridgehead atoms. The van der Waals surface area contributed by atoms with Gasteiger partial charge in [0.2, 0.25) is 5.91 Å². The zero-order valence-corrected chi connectivity index (χ0v) is 48.7. The Labute approximate surface area is 450 Å². The van der Waals surface area contributed by atoms with Crippen LogP contribution in [0.4, 0.5) is 0 Å². The number of nitrogens with one attached hydrogen (secondary N) is 1. The number of hydrogen-bond acceptors (Lipinski definition) is 5. The first-order chi connectivity index (χ1) is 35.5. The Kier molecular flexibility index (Phi) is 60.5. The molecule has 1 amide bonds. The minimum Gasteiger partial charge on any atom is -0.466 e. The first-order valence-electron chi connectivity index (χ1n) is 32.6. The standard InChI is InChI=1S/C66H127NO5/c1-3-5-7-9-11-13-15-17-19-27-31-34-38-42-46-50-54-58-64(69)63(62-68)67-65(70)59-55-51-47-43-39-35-32-28-25-23-21-20-22-24-26-29-33-37-41-45-49-53-57-61-72-66(71)60-56-52-48-44-40-36-30-18-16-14-12-10-8-6-4-2/h23,25,54,58,63-64,68-69H,3-22,24,26-53,55-57,59-62H2,1-2H3,(H,67,70)/b25-23-,58-54+. The van der Waals surface area contributed by atoms with Crippen molar-refractivity contribution in [3.8, 4) is 0 Å². The summed E-state index contributed by atoms with van der Waals surface area (Å²) < 4.78 is 5.49. The summed E-state index contributed by atoms with van der Waals surface area (Å²) >= 11 is 0. The number of rotatable bonds is 61. The van der Waals surface area contributed by atoms with E-state index in [-0.39, 0.29) is 18.5 Å². The minimum atomic E-state index is -0.848.